The normalized spacial score (nSPS) is 20.5. The lowest BCUT2D eigenvalue weighted by molar-refractivity contribution is 0.136. The van der Waals surface area contributed by atoms with Gasteiger partial charge in [-0.25, -0.2) is 8.42 Å². The third-order valence-corrected chi connectivity index (χ3v) is 5.56. The van der Waals surface area contributed by atoms with Gasteiger partial charge in [-0.1, -0.05) is 0 Å². The van der Waals surface area contributed by atoms with E-state index in [0.29, 0.717) is 12.5 Å². The number of piperidine rings is 1. The van der Waals surface area contributed by atoms with Gasteiger partial charge in [0.15, 0.2) is 9.84 Å². The third kappa shape index (κ3) is 4.03. The van der Waals surface area contributed by atoms with Gasteiger partial charge < -0.3 is 10.0 Å². The average Bonchev–Trinajstić information content (AvgIpc) is 2.27. The van der Waals surface area contributed by atoms with Crippen LogP contribution in [-0.2, 0) is 9.84 Å². The molecule has 0 unspecified atom stereocenters. The van der Waals surface area contributed by atoms with Crippen LogP contribution in [0, 0.1) is 5.92 Å². The predicted molar refractivity (Wildman–Crippen MR) is 65.2 cm³/mol. The SMILES string of the molecule is CC(C)S(=O)(=O)CCN1CCC(CO)CC1. The lowest BCUT2D eigenvalue weighted by atomic mass is 9.98. The number of rotatable bonds is 5. The van der Waals surface area contributed by atoms with E-state index in [4.69, 9.17) is 5.11 Å². The molecule has 0 radical (unpaired) electrons. The average molecular weight is 249 g/mol. The first-order chi connectivity index (χ1) is 7.45. The molecule has 0 aromatic carbocycles. The van der Waals surface area contributed by atoms with E-state index in [1.54, 1.807) is 13.8 Å². The summed E-state index contributed by atoms with van der Waals surface area (Å²) >= 11 is 0. The largest absolute Gasteiger partial charge is 0.396 e. The minimum Gasteiger partial charge on any atom is -0.396 e. The van der Waals surface area contributed by atoms with E-state index in [1.165, 1.54) is 0 Å². The fraction of sp³-hybridized carbons (Fsp3) is 1.00. The molecule has 0 saturated carbocycles. The van der Waals surface area contributed by atoms with Gasteiger partial charge in [0.05, 0.1) is 11.0 Å². The van der Waals surface area contributed by atoms with E-state index in [0.717, 1.165) is 25.9 Å². The van der Waals surface area contributed by atoms with Crippen molar-refractivity contribution in [2.45, 2.75) is 31.9 Å². The number of sulfone groups is 1. The number of aliphatic hydroxyl groups is 1. The van der Waals surface area contributed by atoms with Gasteiger partial charge in [-0.05, 0) is 45.7 Å². The molecule has 16 heavy (non-hydrogen) atoms. The highest BCUT2D eigenvalue weighted by Crippen LogP contribution is 2.16. The molecule has 0 aromatic heterocycles. The van der Waals surface area contributed by atoms with Crippen molar-refractivity contribution >= 4 is 9.84 Å². The second kappa shape index (κ2) is 5.98. The Morgan fingerprint density at radius 3 is 2.31 bits per heavy atom. The molecule has 1 saturated heterocycles. The van der Waals surface area contributed by atoms with Gasteiger partial charge in [0.1, 0.15) is 0 Å². The maximum Gasteiger partial charge on any atom is 0.153 e. The first-order valence-electron chi connectivity index (χ1n) is 6.00. The van der Waals surface area contributed by atoms with Gasteiger partial charge in [0.2, 0.25) is 0 Å². The van der Waals surface area contributed by atoms with E-state index in [-0.39, 0.29) is 17.6 Å². The highest BCUT2D eigenvalue weighted by molar-refractivity contribution is 7.92. The van der Waals surface area contributed by atoms with Crippen molar-refractivity contribution in [2.24, 2.45) is 5.92 Å². The lowest BCUT2D eigenvalue weighted by Gasteiger charge is -2.30. The van der Waals surface area contributed by atoms with Crippen LogP contribution in [0.5, 0.6) is 0 Å². The maximum atomic E-state index is 11.6. The molecule has 96 valence electrons. The summed E-state index contributed by atoms with van der Waals surface area (Å²) in [5.41, 5.74) is 0. The molecule has 0 aliphatic carbocycles. The molecule has 1 N–H and O–H groups in total. The minimum absolute atomic E-state index is 0.258. The standard InChI is InChI=1S/C11H23NO3S/c1-10(2)16(14,15)8-7-12-5-3-11(9-13)4-6-12/h10-11,13H,3-9H2,1-2H3. The Morgan fingerprint density at radius 1 is 1.31 bits per heavy atom. The van der Waals surface area contributed by atoms with Crippen molar-refractivity contribution in [1.29, 1.82) is 0 Å². The van der Waals surface area contributed by atoms with E-state index >= 15 is 0 Å². The molecular weight excluding hydrogens is 226 g/mol. The molecule has 4 nitrogen and oxygen atoms in total. The molecule has 5 heteroatoms. The van der Waals surface area contributed by atoms with Crippen molar-refractivity contribution in [1.82, 2.24) is 4.90 Å². The van der Waals surface area contributed by atoms with Gasteiger partial charge in [0.25, 0.3) is 0 Å². The topological polar surface area (TPSA) is 57.6 Å². The summed E-state index contributed by atoms with van der Waals surface area (Å²) in [5.74, 6) is 0.673. The Bertz CT molecular complexity index is 292. The third-order valence-electron chi connectivity index (χ3n) is 3.38. The molecule has 1 aliphatic rings. The van der Waals surface area contributed by atoms with Crippen LogP contribution in [0.4, 0.5) is 0 Å². The van der Waals surface area contributed by atoms with Crippen LogP contribution in [0.2, 0.25) is 0 Å². The molecule has 1 fully saturated rings. The highest BCUT2D eigenvalue weighted by atomic mass is 32.2. The zero-order valence-corrected chi connectivity index (χ0v) is 11.0. The smallest absolute Gasteiger partial charge is 0.153 e. The fourth-order valence-corrected chi connectivity index (χ4v) is 2.87. The summed E-state index contributed by atoms with van der Waals surface area (Å²) in [6.07, 6.45) is 1.97. The van der Waals surface area contributed by atoms with E-state index in [9.17, 15) is 8.42 Å². The molecule has 1 heterocycles. The summed E-state index contributed by atoms with van der Waals surface area (Å²) in [6, 6.07) is 0. The van der Waals surface area contributed by atoms with Crippen LogP contribution in [0.3, 0.4) is 0 Å². The van der Waals surface area contributed by atoms with Crippen molar-refractivity contribution in [2.75, 3.05) is 32.0 Å². The highest BCUT2D eigenvalue weighted by Gasteiger charge is 2.21. The van der Waals surface area contributed by atoms with Gasteiger partial charge >= 0.3 is 0 Å². The van der Waals surface area contributed by atoms with E-state index < -0.39 is 9.84 Å². The molecule has 0 spiro atoms. The zero-order valence-electron chi connectivity index (χ0n) is 10.2. The van der Waals surface area contributed by atoms with Gasteiger partial charge in [-0.15, -0.1) is 0 Å². The van der Waals surface area contributed by atoms with Crippen molar-refractivity contribution in [3.8, 4) is 0 Å². The number of hydrogen-bond donors (Lipinski definition) is 1. The number of aliphatic hydroxyl groups excluding tert-OH is 1. The molecular formula is C11H23NO3S. The number of hydrogen-bond acceptors (Lipinski definition) is 4. The van der Waals surface area contributed by atoms with E-state index in [1.807, 2.05) is 0 Å². The first-order valence-corrected chi connectivity index (χ1v) is 7.72. The van der Waals surface area contributed by atoms with Crippen molar-refractivity contribution in [3.63, 3.8) is 0 Å². The van der Waals surface area contributed by atoms with Crippen LogP contribution in [-0.4, -0.2) is 55.7 Å². The maximum absolute atomic E-state index is 11.6. The molecule has 1 rings (SSSR count). The quantitative estimate of drug-likeness (QED) is 0.771. The van der Waals surface area contributed by atoms with Crippen LogP contribution >= 0.6 is 0 Å². The van der Waals surface area contributed by atoms with Gasteiger partial charge in [-0.2, -0.15) is 0 Å². The van der Waals surface area contributed by atoms with Crippen molar-refractivity contribution < 1.29 is 13.5 Å². The number of nitrogens with zero attached hydrogens (tertiary/aromatic N) is 1. The molecule has 0 atom stereocenters. The second-order valence-electron chi connectivity index (χ2n) is 4.88. The fourth-order valence-electron chi connectivity index (χ4n) is 1.88. The molecule has 0 bridgehead atoms. The number of likely N-dealkylation sites (tertiary alicyclic amines) is 1. The molecule has 0 aromatic rings. The Balaban J connectivity index is 2.30. The monoisotopic (exact) mass is 249 g/mol. The Labute approximate surface area is 98.6 Å². The Kier molecular flexibility index (Phi) is 5.21. The van der Waals surface area contributed by atoms with Crippen LogP contribution in [0.15, 0.2) is 0 Å². The van der Waals surface area contributed by atoms with Gasteiger partial charge in [-0.3, -0.25) is 0 Å². The van der Waals surface area contributed by atoms with Crippen LogP contribution < -0.4 is 0 Å². The van der Waals surface area contributed by atoms with Crippen LogP contribution in [0.1, 0.15) is 26.7 Å². The summed E-state index contributed by atoms with van der Waals surface area (Å²) in [4.78, 5) is 2.19. The Hall–Kier alpha value is -0.130. The summed E-state index contributed by atoms with van der Waals surface area (Å²) in [7, 11) is -2.91. The molecule has 0 amide bonds. The van der Waals surface area contributed by atoms with Crippen molar-refractivity contribution in [3.05, 3.63) is 0 Å². The molecule has 1 aliphatic heterocycles. The second-order valence-corrected chi connectivity index (χ2v) is 7.56. The summed E-state index contributed by atoms with van der Waals surface area (Å²) in [5, 5.41) is 8.72. The van der Waals surface area contributed by atoms with Gasteiger partial charge in [0, 0.05) is 13.2 Å². The predicted octanol–water partition coefficient (Wildman–Crippen LogP) is 0.514. The minimum atomic E-state index is -2.91. The summed E-state index contributed by atoms with van der Waals surface area (Å²) in [6.45, 7) is 6.19. The Morgan fingerprint density at radius 2 is 1.88 bits per heavy atom. The first kappa shape index (κ1) is 13.9. The van der Waals surface area contributed by atoms with E-state index in [2.05, 4.69) is 4.90 Å². The lowest BCUT2D eigenvalue weighted by Crippen LogP contribution is -2.38. The summed E-state index contributed by atoms with van der Waals surface area (Å²) < 4.78 is 23.3. The van der Waals surface area contributed by atoms with Crippen LogP contribution in [0.25, 0.3) is 0 Å². The zero-order chi connectivity index (χ0) is 12.2.